The van der Waals surface area contributed by atoms with Crippen LogP contribution in [0.2, 0.25) is 0 Å². The van der Waals surface area contributed by atoms with Gasteiger partial charge in [-0.15, -0.1) is 0 Å². The molecule has 0 radical (unpaired) electrons. The summed E-state index contributed by atoms with van der Waals surface area (Å²) in [5.41, 5.74) is 0.427. The molecule has 0 aliphatic heterocycles. The van der Waals surface area contributed by atoms with Crippen LogP contribution >= 0.6 is 0 Å². The van der Waals surface area contributed by atoms with Gasteiger partial charge in [0.05, 0.1) is 6.10 Å². The zero-order valence-corrected chi connectivity index (χ0v) is 14.3. The molecule has 0 heterocycles. The fraction of sp³-hybridized carbons (Fsp3) is 0.895. The molecular weight excluding hydrogens is 290 g/mol. The van der Waals surface area contributed by atoms with Gasteiger partial charge in [-0.25, -0.2) is 0 Å². The summed E-state index contributed by atoms with van der Waals surface area (Å²) in [7, 11) is 0. The molecular formula is C19H29NO3. The predicted octanol–water partition coefficient (Wildman–Crippen LogP) is 3.40. The summed E-state index contributed by atoms with van der Waals surface area (Å²) in [4.78, 5) is 12.6. The molecule has 7 atom stereocenters. The molecule has 4 heteroatoms. The topological polar surface area (TPSA) is 69.9 Å². The first-order valence-electron chi connectivity index (χ1n) is 9.34. The number of hydrogen-bond donors (Lipinski definition) is 2. The number of ketones is 1. The van der Waals surface area contributed by atoms with Crippen molar-refractivity contribution < 1.29 is 15.1 Å². The zero-order valence-electron chi connectivity index (χ0n) is 14.3. The second-order valence-corrected chi connectivity index (χ2v) is 9.12. The summed E-state index contributed by atoms with van der Waals surface area (Å²) in [6.45, 7) is 4.55. The number of Topliss-reactive ketones (excluding diaryl/α,β-unsaturated/α-hetero) is 1. The minimum absolute atomic E-state index is 0.0924. The van der Waals surface area contributed by atoms with Crippen LogP contribution in [0.5, 0.6) is 0 Å². The number of carbonyl (C=O) groups is 1. The van der Waals surface area contributed by atoms with Crippen molar-refractivity contribution in [1.82, 2.24) is 0 Å². The van der Waals surface area contributed by atoms with Crippen molar-refractivity contribution in [1.29, 1.82) is 0 Å². The van der Waals surface area contributed by atoms with Crippen LogP contribution in [0.4, 0.5) is 0 Å². The van der Waals surface area contributed by atoms with E-state index in [2.05, 4.69) is 19.0 Å². The smallest absolute Gasteiger partial charge is 0.186 e. The Morgan fingerprint density at radius 1 is 1.09 bits per heavy atom. The van der Waals surface area contributed by atoms with E-state index in [1.807, 2.05) is 0 Å². The Balaban J connectivity index is 1.66. The number of rotatable bonds is 0. The third-order valence-electron chi connectivity index (χ3n) is 8.34. The molecule has 23 heavy (non-hydrogen) atoms. The summed E-state index contributed by atoms with van der Waals surface area (Å²) < 4.78 is 0. The molecule has 2 N–H and O–H groups in total. The van der Waals surface area contributed by atoms with E-state index in [9.17, 15) is 15.1 Å². The van der Waals surface area contributed by atoms with E-state index in [4.69, 9.17) is 0 Å². The maximum Gasteiger partial charge on any atom is 0.186 e. The molecule has 0 aromatic heterocycles. The van der Waals surface area contributed by atoms with E-state index in [0.717, 1.165) is 32.1 Å². The van der Waals surface area contributed by atoms with Gasteiger partial charge in [0.2, 0.25) is 0 Å². The first-order chi connectivity index (χ1) is 10.9. The lowest BCUT2D eigenvalue weighted by Crippen LogP contribution is -2.54. The summed E-state index contributed by atoms with van der Waals surface area (Å²) in [6.07, 6.45) is 7.97. The average molecular weight is 319 g/mol. The van der Waals surface area contributed by atoms with E-state index >= 15 is 0 Å². The number of fused-ring (bicyclic) bond motifs is 5. The Labute approximate surface area is 138 Å². The van der Waals surface area contributed by atoms with Crippen LogP contribution < -0.4 is 0 Å². The maximum absolute atomic E-state index is 12.6. The average Bonchev–Trinajstić information content (AvgIpc) is 2.79. The molecule has 0 aromatic carbocycles. The number of carbonyl (C=O) groups excluding carboxylic acids is 1. The zero-order chi connectivity index (χ0) is 16.4. The molecule has 4 nitrogen and oxygen atoms in total. The Hall–Kier alpha value is -0.900. The van der Waals surface area contributed by atoms with E-state index in [1.165, 1.54) is 12.8 Å². The largest absolute Gasteiger partial charge is 0.411 e. The number of aliphatic hydroxyl groups is 1. The van der Waals surface area contributed by atoms with Gasteiger partial charge in [-0.3, -0.25) is 4.79 Å². The summed E-state index contributed by atoms with van der Waals surface area (Å²) in [5.74, 6) is 2.32. The van der Waals surface area contributed by atoms with Gasteiger partial charge >= 0.3 is 0 Å². The van der Waals surface area contributed by atoms with E-state index in [1.54, 1.807) is 0 Å². The van der Waals surface area contributed by atoms with Crippen molar-refractivity contribution in [3.8, 4) is 0 Å². The van der Waals surface area contributed by atoms with Crippen LogP contribution in [0.3, 0.4) is 0 Å². The van der Waals surface area contributed by atoms with Gasteiger partial charge in [-0.1, -0.05) is 19.0 Å². The predicted molar refractivity (Wildman–Crippen MR) is 87.3 cm³/mol. The van der Waals surface area contributed by atoms with Crippen LogP contribution in [0.1, 0.15) is 65.2 Å². The highest BCUT2D eigenvalue weighted by molar-refractivity contribution is 6.43. The van der Waals surface area contributed by atoms with Gasteiger partial charge in [0.15, 0.2) is 5.78 Å². The van der Waals surface area contributed by atoms with Gasteiger partial charge in [-0.2, -0.15) is 0 Å². The SMILES string of the molecule is CC12CCC3C(CCC4CC(O)CCC43C)C1C/C(=N/O)C2=O. The lowest BCUT2D eigenvalue weighted by Gasteiger charge is -2.59. The maximum atomic E-state index is 12.6. The molecule has 7 unspecified atom stereocenters. The van der Waals surface area contributed by atoms with Crippen LogP contribution in [-0.4, -0.2) is 27.9 Å². The van der Waals surface area contributed by atoms with Gasteiger partial charge in [0.25, 0.3) is 0 Å². The normalized spacial score (nSPS) is 54.5. The Morgan fingerprint density at radius 3 is 2.61 bits per heavy atom. The van der Waals surface area contributed by atoms with Crippen molar-refractivity contribution in [2.75, 3.05) is 0 Å². The van der Waals surface area contributed by atoms with Crippen molar-refractivity contribution in [2.45, 2.75) is 71.3 Å². The molecule has 4 fully saturated rings. The van der Waals surface area contributed by atoms with E-state index < -0.39 is 0 Å². The van der Waals surface area contributed by atoms with Crippen molar-refractivity contribution in [3.63, 3.8) is 0 Å². The first-order valence-corrected chi connectivity index (χ1v) is 9.34. The fourth-order valence-corrected chi connectivity index (χ4v) is 6.93. The number of hydrogen-bond acceptors (Lipinski definition) is 4. The molecule has 0 saturated heterocycles. The van der Waals surface area contributed by atoms with Crippen LogP contribution in [0.15, 0.2) is 5.16 Å². The number of oxime groups is 1. The van der Waals surface area contributed by atoms with Crippen LogP contribution in [0.25, 0.3) is 0 Å². The fourth-order valence-electron chi connectivity index (χ4n) is 6.93. The summed E-state index contributed by atoms with van der Waals surface area (Å²) >= 11 is 0. The lowest BCUT2D eigenvalue weighted by atomic mass is 9.45. The number of aliphatic hydroxyl groups excluding tert-OH is 1. The van der Waals surface area contributed by atoms with Gasteiger partial charge in [0.1, 0.15) is 5.71 Å². The molecule has 0 amide bonds. The minimum atomic E-state index is -0.305. The second kappa shape index (κ2) is 5.05. The first kappa shape index (κ1) is 15.6. The highest BCUT2D eigenvalue weighted by Crippen LogP contribution is 2.65. The Bertz CT molecular complexity index is 559. The third kappa shape index (κ3) is 2.00. The molecule has 0 aromatic rings. The molecule has 4 aliphatic rings. The van der Waals surface area contributed by atoms with Crippen LogP contribution in [0, 0.1) is 34.5 Å². The Morgan fingerprint density at radius 2 is 1.87 bits per heavy atom. The van der Waals surface area contributed by atoms with E-state index in [0.29, 0.717) is 41.2 Å². The molecule has 4 saturated carbocycles. The molecule has 0 bridgehead atoms. The third-order valence-corrected chi connectivity index (χ3v) is 8.34. The quantitative estimate of drug-likeness (QED) is 0.531. The molecule has 0 spiro atoms. The van der Waals surface area contributed by atoms with E-state index in [-0.39, 0.29) is 17.3 Å². The molecule has 4 rings (SSSR count). The van der Waals surface area contributed by atoms with Crippen molar-refractivity contribution >= 4 is 11.5 Å². The Kier molecular flexibility index (Phi) is 3.43. The summed E-state index contributed by atoms with van der Waals surface area (Å²) in [5, 5.41) is 22.6. The lowest BCUT2D eigenvalue weighted by molar-refractivity contribution is -0.141. The monoisotopic (exact) mass is 319 g/mol. The minimum Gasteiger partial charge on any atom is -0.411 e. The summed E-state index contributed by atoms with van der Waals surface area (Å²) in [6, 6.07) is 0. The number of nitrogens with zero attached hydrogens (tertiary/aromatic N) is 1. The van der Waals surface area contributed by atoms with Crippen LogP contribution in [-0.2, 0) is 4.79 Å². The van der Waals surface area contributed by atoms with Gasteiger partial charge in [0, 0.05) is 11.8 Å². The highest BCUT2D eigenvalue weighted by Gasteiger charge is 2.61. The molecule has 128 valence electrons. The second-order valence-electron chi connectivity index (χ2n) is 9.12. The van der Waals surface area contributed by atoms with Gasteiger partial charge in [-0.05, 0) is 74.0 Å². The highest BCUT2D eigenvalue weighted by atomic mass is 16.4. The van der Waals surface area contributed by atoms with Crippen molar-refractivity contribution in [3.05, 3.63) is 0 Å². The van der Waals surface area contributed by atoms with Crippen molar-refractivity contribution in [2.24, 2.45) is 39.7 Å². The standard InChI is InChI=1S/C19H29NO3/c1-18-7-5-12(21)9-11(18)3-4-13-14(18)6-8-19(2)15(13)10-16(20-23)17(19)22/h11-15,21,23H,3-10H2,1-2H3/b20-16-. The molecule has 4 aliphatic carbocycles. The van der Waals surface area contributed by atoms with Gasteiger partial charge < -0.3 is 10.3 Å².